The number of fused-ring (bicyclic) bond motifs is 1. The van der Waals surface area contributed by atoms with E-state index in [4.69, 9.17) is 0 Å². The zero-order valence-electron chi connectivity index (χ0n) is 10.6. The molecular formula is C12H16FN5. The number of nitrogens with zero attached hydrogens (tertiary/aromatic N) is 5. The van der Waals surface area contributed by atoms with Crippen LogP contribution in [-0.4, -0.2) is 52.9 Å². The molecular weight excluding hydrogens is 233 g/mol. The topological polar surface area (TPSA) is 37.2 Å². The third kappa shape index (κ3) is 1.73. The van der Waals surface area contributed by atoms with Crippen LogP contribution in [0.5, 0.6) is 0 Å². The monoisotopic (exact) mass is 249 g/mol. The molecule has 1 aliphatic heterocycles. The zero-order valence-corrected chi connectivity index (χ0v) is 10.6. The maximum atomic E-state index is 14.1. The molecule has 3 heterocycles. The lowest BCUT2D eigenvalue weighted by Gasteiger charge is -2.34. The summed E-state index contributed by atoms with van der Waals surface area (Å²) in [4.78, 5) is 8.43. The first kappa shape index (κ1) is 11.4. The second-order valence-corrected chi connectivity index (χ2v) is 4.75. The van der Waals surface area contributed by atoms with Crippen molar-refractivity contribution in [3.63, 3.8) is 0 Å². The van der Waals surface area contributed by atoms with Gasteiger partial charge in [0.1, 0.15) is 0 Å². The van der Waals surface area contributed by atoms with Crippen LogP contribution < -0.4 is 4.90 Å². The van der Waals surface area contributed by atoms with Crippen molar-refractivity contribution in [3.05, 3.63) is 18.2 Å². The van der Waals surface area contributed by atoms with Gasteiger partial charge in [-0.25, -0.2) is 9.37 Å². The Morgan fingerprint density at radius 1 is 1.11 bits per heavy atom. The van der Waals surface area contributed by atoms with Crippen molar-refractivity contribution in [2.75, 3.05) is 38.1 Å². The van der Waals surface area contributed by atoms with E-state index in [1.807, 2.05) is 7.05 Å². The van der Waals surface area contributed by atoms with Crippen molar-refractivity contribution >= 4 is 16.7 Å². The third-order valence-corrected chi connectivity index (χ3v) is 3.51. The van der Waals surface area contributed by atoms with Crippen LogP contribution in [0.1, 0.15) is 0 Å². The molecule has 2 aromatic rings. The standard InChI is InChI=1S/C12H16FN5/c1-16-3-5-18(6-4-16)11-9-7-15-17(2)12(9)14-8-10(11)13/h7-8H,3-6H2,1-2H3. The zero-order chi connectivity index (χ0) is 12.7. The lowest BCUT2D eigenvalue weighted by Crippen LogP contribution is -2.44. The minimum Gasteiger partial charge on any atom is -0.366 e. The number of piperazine rings is 1. The number of hydrogen-bond donors (Lipinski definition) is 0. The van der Waals surface area contributed by atoms with E-state index >= 15 is 0 Å². The van der Waals surface area contributed by atoms with E-state index in [1.165, 1.54) is 6.20 Å². The van der Waals surface area contributed by atoms with E-state index in [0.29, 0.717) is 5.69 Å². The predicted octanol–water partition coefficient (Wildman–Crippen LogP) is 0.859. The van der Waals surface area contributed by atoms with Crippen LogP contribution in [0.25, 0.3) is 11.0 Å². The molecule has 0 atom stereocenters. The summed E-state index contributed by atoms with van der Waals surface area (Å²) in [6.07, 6.45) is 2.98. The van der Waals surface area contributed by atoms with Crippen molar-refractivity contribution in [2.24, 2.45) is 7.05 Å². The van der Waals surface area contributed by atoms with Crippen molar-refractivity contribution in [2.45, 2.75) is 0 Å². The number of likely N-dealkylation sites (N-methyl/N-ethyl adjacent to an activating group) is 1. The number of rotatable bonds is 1. The van der Waals surface area contributed by atoms with E-state index in [-0.39, 0.29) is 5.82 Å². The van der Waals surface area contributed by atoms with Gasteiger partial charge in [-0.2, -0.15) is 5.10 Å². The van der Waals surface area contributed by atoms with Crippen molar-refractivity contribution < 1.29 is 4.39 Å². The van der Waals surface area contributed by atoms with Gasteiger partial charge in [-0.1, -0.05) is 0 Å². The van der Waals surface area contributed by atoms with Crippen molar-refractivity contribution in [1.29, 1.82) is 0 Å². The second kappa shape index (κ2) is 4.20. The van der Waals surface area contributed by atoms with Gasteiger partial charge in [0.2, 0.25) is 0 Å². The SMILES string of the molecule is CN1CCN(c2c(F)cnc3c2cnn3C)CC1. The fourth-order valence-corrected chi connectivity index (χ4v) is 2.41. The molecule has 0 saturated carbocycles. The first-order valence-corrected chi connectivity index (χ1v) is 6.06. The summed E-state index contributed by atoms with van der Waals surface area (Å²) in [5, 5.41) is 4.95. The molecule has 0 bridgehead atoms. The number of hydrogen-bond acceptors (Lipinski definition) is 4. The lowest BCUT2D eigenvalue weighted by molar-refractivity contribution is 0.312. The summed E-state index contributed by atoms with van der Waals surface area (Å²) in [5.74, 6) is -0.264. The Morgan fingerprint density at radius 3 is 2.56 bits per heavy atom. The summed E-state index contributed by atoms with van der Waals surface area (Å²) in [6.45, 7) is 3.57. The van der Waals surface area contributed by atoms with E-state index in [9.17, 15) is 4.39 Å². The summed E-state index contributed by atoms with van der Waals surface area (Å²) in [5.41, 5.74) is 1.37. The molecule has 3 rings (SSSR count). The Hall–Kier alpha value is -1.69. The highest BCUT2D eigenvalue weighted by Crippen LogP contribution is 2.28. The van der Waals surface area contributed by atoms with Crippen LogP contribution in [0.15, 0.2) is 12.4 Å². The molecule has 1 fully saturated rings. The molecule has 0 aliphatic carbocycles. The number of halogens is 1. The van der Waals surface area contributed by atoms with Gasteiger partial charge in [-0.3, -0.25) is 4.68 Å². The Labute approximate surface area is 105 Å². The quantitative estimate of drug-likeness (QED) is 0.751. The summed E-state index contributed by atoms with van der Waals surface area (Å²) >= 11 is 0. The average molecular weight is 249 g/mol. The van der Waals surface area contributed by atoms with E-state index in [2.05, 4.69) is 26.9 Å². The van der Waals surface area contributed by atoms with Crippen LogP contribution >= 0.6 is 0 Å². The summed E-state index contributed by atoms with van der Waals surface area (Å²) in [6, 6.07) is 0. The second-order valence-electron chi connectivity index (χ2n) is 4.75. The fraction of sp³-hybridized carbons (Fsp3) is 0.500. The highest BCUT2D eigenvalue weighted by atomic mass is 19.1. The van der Waals surface area contributed by atoms with Crippen LogP contribution in [0.2, 0.25) is 0 Å². The molecule has 0 amide bonds. The van der Waals surface area contributed by atoms with Gasteiger partial charge in [-0.15, -0.1) is 0 Å². The van der Waals surface area contributed by atoms with Gasteiger partial charge in [0.05, 0.1) is 23.5 Å². The first-order valence-electron chi connectivity index (χ1n) is 6.06. The highest BCUT2D eigenvalue weighted by molar-refractivity contribution is 5.89. The summed E-state index contributed by atoms with van der Waals surface area (Å²) in [7, 11) is 3.90. The predicted molar refractivity (Wildman–Crippen MR) is 68.2 cm³/mol. The Balaban J connectivity index is 2.07. The number of aryl methyl sites for hydroxylation is 1. The molecule has 0 radical (unpaired) electrons. The highest BCUT2D eigenvalue weighted by Gasteiger charge is 2.21. The molecule has 0 unspecified atom stereocenters. The van der Waals surface area contributed by atoms with Crippen molar-refractivity contribution in [1.82, 2.24) is 19.7 Å². The van der Waals surface area contributed by atoms with Crippen LogP contribution in [0, 0.1) is 5.82 Å². The van der Waals surface area contributed by atoms with E-state index in [1.54, 1.807) is 10.9 Å². The molecule has 1 aliphatic rings. The first-order chi connectivity index (χ1) is 8.66. The maximum Gasteiger partial charge on any atom is 0.165 e. The Kier molecular flexibility index (Phi) is 2.66. The molecule has 6 heteroatoms. The number of pyridine rings is 1. The van der Waals surface area contributed by atoms with Gasteiger partial charge in [0, 0.05) is 33.2 Å². The molecule has 0 N–H and O–H groups in total. The van der Waals surface area contributed by atoms with E-state index < -0.39 is 0 Å². The Morgan fingerprint density at radius 2 is 1.83 bits per heavy atom. The maximum absolute atomic E-state index is 14.1. The third-order valence-electron chi connectivity index (χ3n) is 3.51. The van der Waals surface area contributed by atoms with Crippen LogP contribution in [0.3, 0.4) is 0 Å². The average Bonchev–Trinajstić information content (AvgIpc) is 2.73. The van der Waals surface area contributed by atoms with Crippen molar-refractivity contribution in [3.8, 4) is 0 Å². The number of aromatic nitrogens is 3. The van der Waals surface area contributed by atoms with Gasteiger partial charge in [0.15, 0.2) is 11.5 Å². The molecule has 0 spiro atoms. The fourth-order valence-electron chi connectivity index (χ4n) is 2.41. The molecule has 18 heavy (non-hydrogen) atoms. The summed E-state index contributed by atoms with van der Waals surface area (Å²) < 4.78 is 15.7. The molecule has 5 nitrogen and oxygen atoms in total. The molecule has 96 valence electrons. The van der Waals surface area contributed by atoms with E-state index in [0.717, 1.165) is 37.2 Å². The largest absolute Gasteiger partial charge is 0.366 e. The molecule has 0 aromatic carbocycles. The minimum absolute atomic E-state index is 0.264. The van der Waals surface area contributed by atoms with Gasteiger partial charge < -0.3 is 9.80 Å². The normalized spacial score (nSPS) is 17.6. The number of anilines is 1. The molecule has 1 saturated heterocycles. The van der Waals surface area contributed by atoms with Gasteiger partial charge in [0.25, 0.3) is 0 Å². The molecule has 2 aromatic heterocycles. The Bertz CT molecular complexity index is 571. The van der Waals surface area contributed by atoms with Gasteiger partial charge in [-0.05, 0) is 7.05 Å². The van der Waals surface area contributed by atoms with Crippen LogP contribution in [0.4, 0.5) is 10.1 Å². The van der Waals surface area contributed by atoms with Gasteiger partial charge >= 0.3 is 0 Å². The smallest absolute Gasteiger partial charge is 0.165 e. The minimum atomic E-state index is -0.264. The lowest BCUT2D eigenvalue weighted by atomic mass is 10.2. The van der Waals surface area contributed by atoms with Crippen LogP contribution in [-0.2, 0) is 7.05 Å².